The quantitative estimate of drug-likeness (QED) is 0.0668. The minimum Gasteiger partial charge on any atom is -0.494 e. The molecule has 0 bridgehead atoms. The Kier molecular flexibility index (Phi) is 19.1. The average molecular weight is 767 g/mol. The largest absolute Gasteiger partial charge is 0.494 e. The van der Waals surface area contributed by atoms with E-state index in [9.17, 15) is 9.59 Å². The maximum atomic E-state index is 13.3. The fraction of sp³-hybridized carbons (Fsp3) is 0.600. The van der Waals surface area contributed by atoms with Gasteiger partial charge >= 0.3 is 11.9 Å². The van der Waals surface area contributed by atoms with Gasteiger partial charge in [0.2, 0.25) is 0 Å². The molecule has 2 fully saturated rings. The second-order valence-corrected chi connectivity index (χ2v) is 16.7. The molecule has 0 heterocycles. The maximum Gasteiger partial charge on any atom is 0.338 e. The van der Waals surface area contributed by atoms with Crippen molar-refractivity contribution >= 4 is 11.9 Å². The molecule has 56 heavy (non-hydrogen) atoms. The Bertz CT molecular complexity index is 1500. The SMILES string of the molecule is CCCCCC1CCC(CCCOc2ccc(C(=O)OC[C@H](OC(=O)c3ccc(OCCCC4CCC(CCCCC)CC4)cc3)c3ccccc3)cc2)CC1. The van der Waals surface area contributed by atoms with Gasteiger partial charge in [-0.15, -0.1) is 0 Å². The van der Waals surface area contributed by atoms with Crippen LogP contribution in [-0.4, -0.2) is 31.8 Å². The third-order valence-corrected chi connectivity index (χ3v) is 12.4. The first kappa shape index (κ1) is 43.3. The molecule has 6 nitrogen and oxygen atoms in total. The van der Waals surface area contributed by atoms with Crippen LogP contribution in [0, 0.1) is 23.7 Å². The Hall–Kier alpha value is -3.80. The first-order valence-electron chi connectivity index (χ1n) is 22.4. The Morgan fingerprint density at radius 3 is 1.36 bits per heavy atom. The van der Waals surface area contributed by atoms with Gasteiger partial charge in [0.25, 0.3) is 0 Å². The summed E-state index contributed by atoms with van der Waals surface area (Å²) in [6, 6.07) is 23.6. The van der Waals surface area contributed by atoms with Gasteiger partial charge in [0.05, 0.1) is 24.3 Å². The lowest BCUT2D eigenvalue weighted by Crippen LogP contribution is -2.19. The van der Waals surface area contributed by atoms with Gasteiger partial charge in [0, 0.05) is 0 Å². The molecule has 0 unspecified atom stereocenters. The fourth-order valence-electron chi connectivity index (χ4n) is 8.78. The van der Waals surface area contributed by atoms with Crippen LogP contribution in [0.2, 0.25) is 0 Å². The normalized spacial score (nSPS) is 20.2. The van der Waals surface area contributed by atoms with Crippen LogP contribution < -0.4 is 9.47 Å². The number of benzene rings is 3. The molecule has 0 N–H and O–H groups in total. The van der Waals surface area contributed by atoms with Crippen molar-refractivity contribution in [2.45, 2.75) is 148 Å². The Morgan fingerprint density at radius 2 is 0.929 bits per heavy atom. The van der Waals surface area contributed by atoms with Crippen LogP contribution >= 0.6 is 0 Å². The lowest BCUT2D eigenvalue weighted by atomic mass is 9.78. The molecule has 0 spiro atoms. The summed E-state index contributed by atoms with van der Waals surface area (Å²) in [6.45, 7) is 5.82. The Labute approximate surface area is 338 Å². The molecule has 3 aromatic carbocycles. The van der Waals surface area contributed by atoms with E-state index in [-0.39, 0.29) is 6.61 Å². The van der Waals surface area contributed by atoms with Gasteiger partial charge in [0.15, 0.2) is 6.10 Å². The number of hydrogen-bond donors (Lipinski definition) is 0. The van der Waals surface area contributed by atoms with Crippen molar-refractivity contribution in [3.63, 3.8) is 0 Å². The van der Waals surface area contributed by atoms with Gasteiger partial charge in [-0.05, 0) is 103 Å². The zero-order valence-corrected chi connectivity index (χ0v) is 34.6. The molecule has 3 aromatic rings. The smallest absolute Gasteiger partial charge is 0.338 e. The molecule has 1 atom stereocenters. The third-order valence-electron chi connectivity index (χ3n) is 12.4. The highest BCUT2D eigenvalue weighted by molar-refractivity contribution is 5.90. The fourth-order valence-corrected chi connectivity index (χ4v) is 8.78. The summed E-state index contributed by atoms with van der Waals surface area (Å²) in [7, 11) is 0. The molecule has 2 saturated carbocycles. The highest BCUT2D eigenvalue weighted by atomic mass is 16.6. The predicted octanol–water partition coefficient (Wildman–Crippen LogP) is 13.5. The van der Waals surface area contributed by atoms with E-state index in [4.69, 9.17) is 18.9 Å². The number of unbranched alkanes of at least 4 members (excludes halogenated alkanes) is 4. The van der Waals surface area contributed by atoms with Crippen molar-refractivity contribution in [3.8, 4) is 11.5 Å². The summed E-state index contributed by atoms with van der Waals surface area (Å²) in [4.78, 5) is 26.3. The van der Waals surface area contributed by atoms with Crippen molar-refractivity contribution < 1.29 is 28.5 Å². The van der Waals surface area contributed by atoms with E-state index >= 15 is 0 Å². The molecule has 0 radical (unpaired) electrons. The minimum absolute atomic E-state index is 0.102. The number of esters is 2. The van der Waals surface area contributed by atoms with Gasteiger partial charge < -0.3 is 18.9 Å². The van der Waals surface area contributed by atoms with E-state index < -0.39 is 18.0 Å². The van der Waals surface area contributed by atoms with Crippen LogP contribution in [0.25, 0.3) is 0 Å². The lowest BCUT2D eigenvalue weighted by molar-refractivity contribution is -0.00134. The van der Waals surface area contributed by atoms with Crippen LogP contribution in [0.5, 0.6) is 11.5 Å². The van der Waals surface area contributed by atoms with Crippen LogP contribution in [0.15, 0.2) is 78.9 Å². The van der Waals surface area contributed by atoms with Crippen LogP contribution in [0.3, 0.4) is 0 Å². The van der Waals surface area contributed by atoms with E-state index in [2.05, 4.69) is 13.8 Å². The van der Waals surface area contributed by atoms with Gasteiger partial charge in [-0.2, -0.15) is 0 Å². The van der Waals surface area contributed by atoms with Gasteiger partial charge in [0.1, 0.15) is 18.1 Å². The van der Waals surface area contributed by atoms with Crippen molar-refractivity contribution in [1.82, 2.24) is 0 Å². The maximum absolute atomic E-state index is 13.3. The zero-order valence-electron chi connectivity index (χ0n) is 34.6. The predicted molar refractivity (Wildman–Crippen MR) is 226 cm³/mol. The highest BCUT2D eigenvalue weighted by Crippen LogP contribution is 2.35. The van der Waals surface area contributed by atoms with Gasteiger partial charge in [-0.25, -0.2) is 9.59 Å². The van der Waals surface area contributed by atoms with Crippen molar-refractivity contribution in [3.05, 3.63) is 95.6 Å². The molecule has 5 rings (SSSR count). The minimum atomic E-state index is -0.756. The molecule has 0 amide bonds. The third kappa shape index (κ3) is 15.3. The van der Waals surface area contributed by atoms with Gasteiger partial charge in [-0.1, -0.05) is 147 Å². The number of hydrogen-bond acceptors (Lipinski definition) is 6. The van der Waals surface area contributed by atoms with Crippen LogP contribution in [-0.2, 0) is 9.47 Å². The Balaban J connectivity index is 0.997. The molecule has 0 aliphatic heterocycles. The van der Waals surface area contributed by atoms with Crippen molar-refractivity contribution in [2.24, 2.45) is 23.7 Å². The summed E-state index contributed by atoms with van der Waals surface area (Å²) in [5, 5.41) is 0. The number of rotatable bonds is 24. The monoisotopic (exact) mass is 767 g/mol. The first-order chi connectivity index (χ1) is 27.5. The molecule has 2 aliphatic rings. The first-order valence-corrected chi connectivity index (χ1v) is 22.4. The molecule has 0 aromatic heterocycles. The van der Waals surface area contributed by atoms with E-state index in [1.807, 2.05) is 54.6 Å². The Morgan fingerprint density at radius 1 is 0.518 bits per heavy atom. The molecular formula is C50H70O6. The second-order valence-electron chi connectivity index (χ2n) is 16.7. The molecule has 0 saturated heterocycles. The lowest BCUT2D eigenvalue weighted by Gasteiger charge is -2.28. The van der Waals surface area contributed by atoms with E-state index in [0.717, 1.165) is 53.6 Å². The molecular weight excluding hydrogens is 697 g/mol. The number of ether oxygens (including phenoxy) is 4. The summed E-state index contributed by atoms with van der Waals surface area (Å²) < 4.78 is 23.6. The summed E-state index contributed by atoms with van der Waals surface area (Å²) >= 11 is 0. The second kappa shape index (κ2) is 24.8. The summed E-state index contributed by atoms with van der Waals surface area (Å²) in [6.07, 6.45) is 25.8. The highest BCUT2D eigenvalue weighted by Gasteiger charge is 2.23. The zero-order chi connectivity index (χ0) is 39.2. The van der Waals surface area contributed by atoms with Crippen molar-refractivity contribution in [2.75, 3.05) is 19.8 Å². The van der Waals surface area contributed by atoms with E-state index in [1.165, 1.54) is 116 Å². The summed E-state index contributed by atoms with van der Waals surface area (Å²) in [5.41, 5.74) is 1.59. The van der Waals surface area contributed by atoms with Crippen molar-refractivity contribution in [1.29, 1.82) is 0 Å². The summed E-state index contributed by atoms with van der Waals surface area (Å²) in [5.74, 6) is 4.08. The molecule has 2 aliphatic carbocycles. The van der Waals surface area contributed by atoms with Gasteiger partial charge in [-0.3, -0.25) is 0 Å². The van der Waals surface area contributed by atoms with Crippen LogP contribution in [0.1, 0.15) is 175 Å². The van der Waals surface area contributed by atoms with E-state index in [0.29, 0.717) is 24.3 Å². The van der Waals surface area contributed by atoms with Crippen LogP contribution in [0.4, 0.5) is 0 Å². The molecule has 306 valence electrons. The van der Waals surface area contributed by atoms with E-state index in [1.54, 1.807) is 24.3 Å². The average Bonchev–Trinajstić information content (AvgIpc) is 3.24. The topological polar surface area (TPSA) is 71.1 Å². The number of carbonyl (C=O) groups is 2. The standard InChI is InChI=1S/C50H70O6/c1-3-5-8-14-39-20-24-41(25-21-39)16-12-36-53-46-32-28-44(29-33-46)49(51)55-38-48(43-18-10-7-11-19-43)56-50(52)45-30-34-47(35-31-45)54-37-13-17-42-26-22-40(23-27-42)15-9-6-4-2/h7,10-11,18-19,28-35,39-42,48H,3-6,8-9,12-17,20-27,36-38H2,1-2H3/t39?,40?,41?,42?,48-/m0/s1. The number of carbonyl (C=O) groups excluding carboxylic acids is 2. The molecule has 6 heteroatoms.